The molecule has 2 heterocycles. The highest BCUT2D eigenvalue weighted by Gasteiger charge is 2.50. The lowest BCUT2D eigenvalue weighted by atomic mass is 9.78. The van der Waals surface area contributed by atoms with Crippen molar-refractivity contribution in [1.29, 1.82) is 0 Å². The molecule has 2 aliphatic rings. The predicted molar refractivity (Wildman–Crippen MR) is 131 cm³/mol. The van der Waals surface area contributed by atoms with Gasteiger partial charge < -0.3 is 30.7 Å². The third-order valence-corrected chi connectivity index (χ3v) is 6.71. The van der Waals surface area contributed by atoms with Gasteiger partial charge in [0.2, 0.25) is 5.78 Å². The highest BCUT2D eigenvalue weighted by molar-refractivity contribution is 6.42. The molecule has 3 amide bonds. The molecular formula is C25H29N5O6. The lowest BCUT2D eigenvalue weighted by Crippen LogP contribution is -2.39. The fourth-order valence-corrected chi connectivity index (χ4v) is 4.82. The molecule has 1 atom stereocenters. The first-order valence-corrected chi connectivity index (χ1v) is 11.5. The Kier molecular flexibility index (Phi) is 6.46. The minimum absolute atomic E-state index is 0.0104. The van der Waals surface area contributed by atoms with Crippen molar-refractivity contribution in [3.63, 3.8) is 0 Å². The molecule has 5 N–H and O–H groups in total. The summed E-state index contributed by atoms with van der Waals surface area (Å²) in [4.78, 5) is 60.6. The number of imide groups is 1. The summed E-state index contributed by atoms with van der Waals surface area (Å²) in [5.41, 5.74) is 6.35. The number of H-pyrrole nitrogens is 1. The summed E-state index contributed by atoms with van der Waals surface area (Å²) in [6, 6.07) is 0.860. The van der Waals surface area contributed by atoms with Gasteiger partial charge in [0.15, 0.2) is 17.3 Å². The Morgan fingerprint density at radius 2 is 1.69 bits per heavy atom. The molecular weight excluding hydrogens is 466 g/mol. The molecule has 11 nitrogen and oxygen atoms in total. The average molecular weight is 496 g/mol. The predicted octanol–water partition coefficient (Wildman–Crippen LogP) is 0.756. The van der Waals surface area contributed by atoms with Gasteiger partial charge in [-0.3, -0.25) is 19.3 Å². The number of hydrogen-bond acceptors (Lipinski definition) is 8. The Morgan fingerprint density at radius 1 is 1.00 bits per heavy atom. The van der Waals surface area contributed by atoms with Gasteiger partial charge in [0, 0.05) is 43.5 Å². The largest absolute Gasteiger partial charge is 0.504 e. The number of aromatic nitrogens is 1. The molecule has 1 aliphatic heterocycles. The number of likely N-dealkylation sites (N-methyl/N-ethyl adjacent to an activating group) is 3. The van der Waals surface area contributed by atoms with Crippen LogP contribution >= 0.6 is 0 Å². The van der Waals surface area contributed by atoms with E-state index in [9.17, 15) is 29.4 Å². The number of amides is 3. The number of benzene rings is 1. The molecule has 1 aliphatic carbocycles. The smallest absolute Gasteiger partial charge is 0.327 e. The van der Waals surface area contributed by atoms with E-state index in [1.807, 2.05) is 19.0 Å². The number of carbonyl (C=O) groups is 4. The van der Waals surface area contributed by atoms with Crippen molar-refractivity contribution in [1.82, 2.24) is 19.7 Å². The Hall–Kier alpha value is -3.96. The number of phenols is 2. The first-order chi connectivity index (χ1) is 17.0. The Labute approximate surface area is 207 Å². The molecule has 1 saturated heterocycles. The third kappa shape index (κ3) is 3.76. The van der Waals surface area contributed by atoms with Gasteiger partial charge in [-0.15, -0.1) is 0 Å². The van der Waals surface area contributed by atoms with Gasteiger partial charge in [0.25, 0.3) is 5.91 Å². The summed E-state index contributed by atoms with van der Waals surface area (Å²) in [6.07, 6.45) is 2.21. The number of nitrogens with zero attached hydrogens (tertiary/aromatic N) is 3. The van der Waals surface area contributed by atoms with E-state index in [1.165, 1.54) is 26.4 Å². The molecule has 0 spiro atoms. The van der Waals surface area contributed by atoms with Crippen molar-refractivity contribution in [3.8, 4) is 11.5 Å². The fraction of sp³-hybridized carbons (Fsp3) is 0.360. The molecule has 11 heteroatoms. The van der Waals surface area contributed by atoms with Gasteiger partial charge in [-0.05, 0) is 50.7 Å². The standard InChI is InChI=1S/C25H29N5O6/c1-28(2)10-8-12-5-6-14(31)21(32)15(12)17-18(20-24(35)30(4)25(36)29(20)3)22(33)16-13(7-9-26)11-27-19(16)23(17)34/h5-6,11,20,27,31-32H,7-10,26H2,1-4H3. The van der Waals surface area contributed by atoms with E-state index < -0.39 is 41.0 Å². The highest BCUT2D eigenvalue weighted by atomic mass is 16.3. The number of hydrogen-bond donors (Lipinski definition) is 4. The van der Waals surface area contributed by atoms with Crippen LogP contribution in [0.15, 0.2) is 23.9 Å². The van der Waals surface area contributed by atoms with Crippen molar-refractivity contribution in [2.75, 3.05) is 41.3 Å². The minimum atomic E-state index is -1.38. The van der Waals surface area contributed by atoms with Crippen LogP contribution < -0.4 is 5.73 Å². The summed E-state index contributed by atoms with van der Waals surface area (Å²) >= 11 is 0. The monoisotopic (exact) mass is 495 g/mol. The molecule has 0 saturated carbocycles. The first kappa shape index (κ1) is 25.1. The topological polar surface area (TPSA) is 160 Å². The molecule has 0 radical (unpaired) electrons. The number of urea groups is 1. The normalized spacial score (nSPS) is 18.2. The Balaban J connectivity index is 2.06. The molecule has 1 fully saturated rings. The molecule has 1 aromatic carbocycles. The summed E-state index contributed by atoms with van der Waals surface area (Å²) in [5.74, 6) is -2.97. The maximum absolute atomic E-state index is 14.0. The SMILES string of the molecule is CN(C)CCc1ccc(O)c(O)c1C1=C(C2C(=O)N(C)C(=O)N2C)C(=O)c2c(CCN)c[nH]c2C1=O. The van der Waals surface area contributed by atoms with Crippen LogP contribution in [0.2, 0.25) is 0 Å². The second kappa shape index (κ2) is 9.25. The summed E-state index contributed by atoms with van der Waals surface area (Å²) in [5, 5.41) is 21.3. The van der Waals surface area contributed by atoms with Crippen LogP contribution in [-0.4, -0.2) is 101 Å². The van der Waals surface area contributed by atoms with Crippen LogP contribution in [0.1, 0.15) is 37.5 Å². The molecule has 36 heavy (non-hydrogen) atoms. The van der Waals surface area contributed by atoms with E-state index in [2.05, 4.69) is 4.98 Å². The number of aromatic amines is 1. The fourth-order valence-electron chi connectivity index (χ4n) is 4.82. The number of nitrogens with two attached hydrogens (primary N) is 1. The van der Waals surface area contributed by atoms with E-state index in [0.717, 1.165) is 9.80 Å². The Morgan fingerprint density at radius 3 is 2.28 bits per heavy atom. The first-order valence-electron chi connectivity index (χ1n) is 11.5. The lowest BCUT2D eigenvalue weighted by Gasteiger charge is -2.27. The summed E-state index contributed by atoms with van der Waals surface area (Å²) < 4.78 is 0. The molecule has 1 unspecified atom stereocenters. The van der Waals surface area contributed by atoms with Gasteiger partial charge >= 0.3 is 6.03 Å². The van der Waals surface area contributed by atoms with Gasteiger partial charge in [0.05, 0.1) is 11.3 Å². The molecule has 4 rings (SSSR count). The molecule has 190 valence electrons. The van der Waals surface area contributed by atoms with E-state index >= 15 is 0 Å². The maximum Gasteiger partial charge on any atom is 0.327 e. The second-order valence-corrected chi connectivity index (χ2v) is 9.26. The molecule has 0 bridgehead atoms. The number of aromatic hydroxyl groups is 2. The number of nitrogens with one attached hydrogen (secondary N) is 1. The average Bonchev–Trinajstić information content (AvgIpc) is 3.33. The van der Waals surface area contributed by atoms with Crippen molar-refractivity contribution < 1.29 is 29.4 Å². The van der Waals surface area contributed by atoms with Crippen LogP contribution in [0.4, 0.5) is 4.79 Å². The van der Waals surface area contributed by atoms with Crippen molar-refractivity contribution in [2.45, 2.75) is 18.9 Å². The van der Waals surface area contributed by atoms with E-state index in [0.29, 0.717) is 30.5 Å². The number of ketones is 2. The highest BCUT2D eigenvalue weighted by Crippen LogP contribution is 2.44. The quantitative estimate of drug-likeness (QED) is 0.323. The van der Waals surface area contributed by atoms with Crippen LogP contribution in [0.3, 0.4) is 0 Å². The van der Waals surface area contributed by atoms with Crippen molar-refractivity contribution in [2.24, 2.45) is 5.73 Å². The number of phenolic OH excluding ortho intramolecular Hbond substituents is 2. The lowest BCUT2D eigenvalue weighted by molar-refractivity contribution is -0.126. The van der Waals surface area contributed by atoms with Crippen molar-refractivity contribution >= 4 is 29.1 Å². The van der Waals surface area contributed by atoms with Gasteiger partial charge in [0.1, 0.15) is 6.04 Å². The number of allylic oxidation sites excluding steroid dienone is 1. The van der Waals surface area contributed by atoms with Crippen LogP contribution in [0, 0.1) is 0 Å². The van der Waals surface area contributed by atoms with E-state index in [-0.39, 0.29) is 34.5 Å². The van der Waals surface area contributed by atoms with Gasteiger partial charge in [-0.2, -0.15) is 0 Å². The zero-order valence-corrected chi connectivity index (χ0v) is 20.6. The number of rotatable bonds is 7. The zero-order chi connectivity index (χ0) is 26.5. The summed E-state index contributed by atoms with van der Waals surface area (Å²) in [6.45, 7) is 0.767. The minimum Gasteiger partial charge on any atom is -0.504 e. The number of carbonyl (C=O) groups excluding carboxylic acids is 4. The van der Waals surface area contributed by atoms with Gasteiger partial charge in [-0.1, -0.05) is 6.07 Å². The number of Topliss-reactive ketones (excluding diaryl/α,β-unsaturated/α-hetero) is 2. The molecule has 2 aromatic rings. The van der Waals surface area contributed by atoms with Crippen LogP contribution in [-0.2, 0) is 17.6 Å². The van der Waals surface area contributed by atoms with Crippen LogP contribution in [0.5, 0.6) is 11.5 Å². The third-order valence-electron chi connectivity index (χ3n) is 6.71. The number of fused-ring (bicyclic) bond motifs is 1. The second-order valence-electron chi connectivity index (χ2n) is 9.26. The van der Waals surface area contributed by atoms with Crippen molar-refractivity contribution in [3.05, 3.63) is 51.9 Å². The summed E-state index contributed by atoms with van der Waals surface area (Å²) in [7, 11) is 6.39. The Bertz CT molecular complexity index is 1320. The van der Waals surface area contributed by atoms with Crippen LogP contribution in [0.25, 0.3) is 5.57 Å². The van der Waals surface area contributed by atoms with E-state index in [1.54, 1.807) is 6.07 Å². The molecule has 1 aromatic heterocycles. The van der Waals surface area contributed by atoms with E-state index in [4.69, 9.17) is 5.73 Å². The van der Waals surface area contributed by atoms with Gasteiger partial charge in [-0.25, -0.2) is 4.79 Å². The maximum atomic E-state index is 14.0. The zero-order valence-electron chi connectivity index (χ0n) is 20.6.